The highest BCUT2D eigenvalue weighted by Crippen LogP contribution is 2.16. The molecule has 0 aliphatic carbocycles. The molecular weight excluding hydrogens is 1110 g/mol. The van der Waals surface area contributed by atoms with E-state index in [1.165, 1.54) is 52.0 Å². The number of aliphatic carboxylic acids is 1. The maximum atomic E-state index is 14.2. The minimum absolute atomic E-state index is 0.00986. The number of benzene rings is 1. The minimum Gasteiger partial charge on any atom is -0.481 e. The first-order valence-electron chi connectivity index (χ1n) is 28.3. The van der Waals surface area contributed by atoms with E-state index < -0.39 is 132 Å². The molecule has 1 unspecified atom stereocenters. The molecule has 478 valence electrons. The zero-order chi connectivity index (χ0) is 64.7. The second-order valence-electron chi connectivity index (χ2n) is 22.4. The Labute approximate surface area is 496 Å². The number of carbonyl (C=O) groups is 12. The van der Waals surface area contributed by atoms with Gasteiger partial charge in [0.25, 0.3) is 5.91 Å². The van der Waals surface area contributed by atoms with E-state index in [1.54, 1.807) is 34.6 Å². The first-order valence-corrected chi connectivity index (χ1v) is 28.3. The third-order valence-corrected chi connectivity index (χ3v) is 12.5. The molecule has 85 heavy (non-hydrogen) atoms. The summed E-state index contributed by atoms with van der Waals surface area (Å²) in [6.45, 7) is 17.9. The molecule has 0 heterocycles. The Bertz CT molecular complexity index is 2470. The third kappa shape index (κ3) is 30.9. The highest BCUT2D eigenvalue weighted by molar-refractivity contribution is 6.00. The SMILES string of the molecule is CC[C@H](NC(=O)[C@H](C)NC(=O)[C@H](CC(C)C)NC(=O)[C@H](CC(=O)O)NC(=O)CNC(=O)c1cccc(N=C(N)N)c1)C(=O)N[C@@H](CC(C)C)C(=O)N[C@@H](CCCNC(N)=O)C(=O)NC(C)(C)C(=O)N[C@@H](CC(C)C)C(O)NCCOCCC(C)=O. The Hall–Kier alpha value is -7.99. The van der Waals surface area contributed by atoms with Crippen molar-refractivity contribution in [3.05, 3.63) is 29.8 Å². The molecule has 19 N–H and O–H groups in total. The smallest absolute Gasteiger partial charge is 0.312 e. The van der Waals surface area contributed by atoms with Gasteiger partial charge >= 0.3 is 12.0 Å². The van der Waals surface area contributed by atoms with Crippen LogP contribution in [0, 0.1) is 17.8 Å². The van der Waals surface area contributed by atoms with Crippen LogP contribution in [-0.4, -0.2) is 174 Å². The van der Waals surface area contributed by atoms with E-state index in [0.717, 1.165) is 0 Å². The van der Waals surface area contributed by atoms with Gasteiger partial charge in [-0.2, -0.15) is 0 Å². The minimum atomic E-state index is -1.72. The molecule has 0 bridgehead atoms. The van der Waals surface area contributed by atoms with Crippen molar-refractivity contribution in [2.24, 2.45) is 39.9 Å². The van der Waals surface area contributed by atoms with E-state index in [9.17, 15) is 67.7 Å². The summed E-state index contributed by atoms with van der Waals surface area (Å²) < 4.78 is 5.42. The van der Waals surface area contributed by atoms with Crippen LogP contribution in [0.1, 0.15) is 138 Å². The number of ether oxygens (including phenoxy) is 1. The summed E-state index contributed by atoms with van der Waals surface area (Å²) in [5.74, 6) is -9.74. The molecule has 0 saturated carbocycles. The second kappa shape index (κ2) is 38.1. The molecule has 30 heteroatoms. The summed E-state index contributed by atoms with van der Waals surface area (Å²) >= 11 is 0. The van der Waals surface area contributed by atoms with Crippen LogP contribution in [0.3, 0.4) is 0 Å². The lowest BCUT2D eigenvalue weighted by Crippen LogP contribution is -2.63. The fourth-order valence-corrected chi connectivity index (χ4v) is 8.11. The molecular formula is C55H93N15O15. The molecule has 0 radical (unpaired) electrons. The molecule has 0 spiro atoms. The van der Waals surface area contributed by atoms with Gasteiger partial charge in [0.15, 0.2) is 5.96 Å². The van der Waals surface area contributed by atoms with E-state index >= 15 is 0 Å². The van der Waals surface area contributed by atoms with E-state index in [-0.39, 0.29) is 106 Å². The number of hydrogen-bond donors (Lipinski definition) is 16. The van der Waals surface area contributed by atoms with Crippen molar-refractivity contribution in [1.82, 2.24) is 58.5 Å². The van der Waals surface area contributed by atoms with E-state index in [2.05, 4.69) is 63.5 Å². The van der Waals surface area contributed by atoms with Gasteiger partial charge in [0.2, 0.25) is 47.3 Å². The van der Waals surface area contributed by atoms with Gasteiger partial charge in [-0.05, 0) is 102 Å². The average Bonchev–Trinajstić information content (AvgIpc) is 3.43. The largest absolute Gasteiger partial charge is 0.481 e. The van der Waals surface area contributed by atoms with Gasteiger partial charge in [0.1, 0.15) is 53.8 Å². The summed E-state index contributed by atoms with van der Waals surface area (Å²) in [5, 5.41) is 48.8. The number of urea groups is 1. The number of rotatable bonds is 40. The number of guanidine groups is 1. The number of aliphatic hydroxyl groups excluding tert-OH is 1. The molecule has 1 aromatic rings. The Morgan fingerprint density at radius 3 is 1.74 bits per heavy atom. The molecule has 0 aromatic heterocycles. The molecule has 0 aliphatic rings. The number of nitrogens with one attached hydrogen (secondary N) is 11. The van der Waals surface area contributed by atoms with Crippen molar-refractivity contribution in [2.45, 2.75) is 182 Å². The van der Waals surface area contributed by atoms with Crippen LogP contribution in [0.25, 0.3) is 0 Å². The molecule has 11 amide bonds. The first kappa shape index (κ1) is 75.0. The predicted octanol–water partition coefficient (Wildman–Crippen LogP) is -2.00. The number of ketones is 1. The van der Waals surface area contributed by atoms with Gasteiger partial charge < -0.3 is 85.3 Å². The van der Waals surface area contributed by atoms with Gasteiger partial charge in [0, 0.05) is 25.1 Å². The molecule has 0 fully saturated rings. The molecule has 1 aromatic carbocycles. The van der Waals surface area contributed by atoms with Gasteiger partial charge in [-0.1, -0.05) is 54.5 Å². The maximum Gasteiger partial charge on any atom is 0.312 e. The Morgan fingerprint density at radius 1 is 0.647 bits per heavy atom. The summed E-state index contributed by atoms with van der Waals surface area (Å²) in [6.07, 6.45) is -1.49. The molecule has 0 aliphatic heterocycles. The van der Waals surface area contributed by atoms with Crippen molar-refractivity contribution in [3.8, 4) is 0 Å². The number of carboxylic acid groups (broad SMARTS) is 1. The van der Waals surface area contributed by atoms with Gasteiger partial charge in [-0.15, -0.1) is 0 Å². The molecule has 8 atom stereocenters. The lowest BCUT2D eigenvalue weighted by molar-refractivity contribution is -0.141. The number of carboxylic acids is 1. The molecule has 0 saturated heterocycles. The van der Waals surface area contributed by atoms with Gasteiger partial charge in [-0.3, -0.25) is 58.1 Å². The zero-order valence-electron chi connectivity index (χ0n) is 50.7. The standard InChI is InChI=1S/C55H93N15O15/c1-12-36(65-44(75)33(9)62-48(79)39(24-30(4)5)68-50(81)41(27-43(73)74)64-42(72)28-61-45(76)34-15-13-16-35(26-34)63-53(56)57)47(78)67-40(25-31(6)7)49(80)66-37(17-14-19-60-54(58)84)51(82)70-55(10,11)52(83)69-38(23-29(2)3)46(77)59-20-22-85-21-18-32(8)71/h13,15-16,26,29-31,33,36-41,46,59,77H,12,14,17-25,27-28H2,1-11H3,(H,61,76)(H,62,79)(H,64,72)(H,65,75)(H,66,80)(H,67,78)(H,68,81)(H,69,83)(H,70,82)(H,73,74)(H4,56,57,63)(H3,58,60,84)/t33-,36-,37-,38-,39-,40-,41-,46?/m0/s1. The second-order valence-corrected chi connectivity index (χ2v) is 22.4. The lowest BCUT2D eigenvalue weighted by Gasteiger charge is -2.33. The number of Topliss-reactive ketones (excluding diaryl/α,β-unsaturated/α-hetero) is 1. The van der Waals surface area contributed by atoms with Crippen LogP contribution >= 0.6 is 0 Å². The Kier molecular flexibility index (Phi) is 33.6. The van der Waals surface area contributed by atoms with Crippen molar-refractivity contribution in [2.75, 3.05) is 32.8 Å². The number of carbonyl (C=O) groups excluding carboxylic acids is 11. The summed E-state index contributed by atoms with van der Waals surface area (Å²) in [6, 6.07) is -4.20. The van der Waals surface area contributed by atoms with E-state index in [4.69, 9.17) is 21.9 Å². The zero-order valence-corrected chi connectivity index (χ0v) is 50.7. The number of aliphatic imine (C=N–C) groups is 1. The van der Waals surface area contributed by atoms with Crippen molar-refractivity contribution >= 4 is 82.6 Å². The lowest BCUT2D eigenvalue weighted by atomic mass is 9.98. The third-order valence-electron chi connectivity index (χ3n) is 12.5. The summed E-state index contributed by atoms with van der Waals surface area (Å²) in [5.41, 5.74) is 14.7. The highest BCUT2D eigenvalue weighted by atomic mass is 16.5. The van der Waals surface area contributed by atoms with Crippen molar-refractivity contribution in [3.63, 3.8) is 0 Å². The maximum absolute atomic E-state index is 14.2. The Balaban J connectivity index is 3.21. The average molecular weight is 1200 g/mol. The number of hydrogen-bond acceptors (Lipinski definition) is 16. The van der Waals surface area contributed by atoms with Crippen LogP contribution < -0.4 is 75.7 Å². The highest BCUT2D eigenvalue weighted by Gasteiger charge is 2.37. The molecule has 30 nitrogen and oxygen atoms in total. The van der Waals surface area contributed by atoms with Crippen LogP contribution in [0.4, 0.5) is 10.5 Å². The van der Waals surface area contributed by atoms with E-state index in [0.29, 0.717) is 6.42 Å². The fourth-order valence-electron chi connectivity index (χ4n) is 8.11. The van der Waals surface area contributed by atoms with Gasteiger partial charge in [0.05, 0.1) is 37.9 Å². The van der Waals surface area contributed by atoms with Crippen molar-refractivity contribution < 1.29 is 72.5 Å². The quantitative estimate of drug-likeness (QED) is 0.0146. The summed E-state index contributed by atoms with van der Waals surface area (Å²) in [7, 11) is 0. The Morgan fingerprint density at radius 2 is 1.20 bits per heavy atom. The predicted molar refractivity (Wildman–Crippen MR) is 314 cm³/mol. The van der Waals surface area contributed by atoms with Crippen molar-refractivity contribution in [1.29, 1.82) is 0 Å². The monoisotopic (exact) mass is 1200 g/mol. The van der Waals surface area contributed by atoms with Crippen LogP contribution in [0.5, 0.6) is 0 Å². The topological polar surface area (TPSA) is 477 Å². The van der Waals surface area contributed by atoms with E-state index in [1.807, 2.05) is 13.8 Å². The number of primary amides is 1. The first-order chi connectivity index (χ1) is 39.6. The number of amides is 11. The van der Waals surface area contributed by atoms with Crippen LogP contribution in [0.2, 0.25) is 0 Å². The summed E-state index contributed by atoms with van der Waals surface area (Å²) in [4.78, 5) is 161. The fraction of sp³-hybridized carbons (Fsp3) is 0.655. The van der Waals surface area contributed by atoms with Gasteiger partial charge in [-0.25, -0.2) is 9.79 Å². The normalized spacial score (nSPS) is 14.1. The van der Waals surface area contributed by atoms with Crippen LogP contribution in [-0.2, 0) is 52.7 Å². The van der Waals surface area contributed by atoms with Crippen LogP contribution in [0.15, 0.2) is 29.3 Å². The number of aliphatic hydroxyl groups is 1. The number of nitrogens with two attached hydrogens (primary N) is 3. The molecule has 1 rings (SSSR count). The number of nitrogens with zero attached hydrogens (tertiary/aromatic N) is 1.